The van der Waals surface area contributed by atoms with E-state index in [1.165, 1.54) is 0 Å². The number of carbonyl (C=O) groups is 1. The van der Waals surface area contributed by atoms with E-state index in [0.29, 0.717) is 35.6 Å². The Hall–Kier alpha value is -3.42. The predicted molar refractivity (Wildman–Crippen MR) is 109 cm³/mol. The Kier molecular flexibility index (Phi) is 4.61. The minimum Gasteiger partial charge on any atom is -0.458 e. The van der Waals surface area contributed by atoms with E-state index in [1.54, 1.807) is 37.1 Å². The van der Waals surface area contributed by atoms with Crippen LogP contribution in [-0.2, 0) is 0 Å². The Bertz CT molecular complexity index is 1070. The lowest BCUT2D eigenvalue weighted by atomic mass is 10.1. The van der Waals surface area contributed by atoms with Crippen LogP contribution in [0.4, 0.5) is 0 Å². The van der Waals surface area contributed by atoms with Gasteiger partial charge in [-0.15, -0.1) is 0 Å². The van der Waals surface area contributed by atoms with Crippen molar-refractivity contribution < 1.29 is 9.53 Å². The first-order valence-corrected chi connectivity index (χ1v) is 10.1. The van der Waals surface area contributed by atoms with Gasteiger partial charge in [0.2, 0.25) is 0 Å². The van der Waals surface area contributed by atoms with E-state index in [2.05, 4.69) is 24.9 Å². The summed E-state index contributed by atoms with van der Waals surface area (Å²) in [6.07, 6.45) is 10.2. The molecule has 5 rings (SSSR count). The molecule has 1 saturated heterocycles. The van der Waals surface area contributed by atoms with Crippen molar-refractivity contribution in [1.29, 1.82) is 0 Å². The lowest BCUT2D eigenvalue weighted by molar-refractivity contribution is 0.0448. The number of aryl methyl sites for hydroxylation is 2. The number of ether oxygens (including phenoxy) is 1. The van der Waals surface area contributed by atoms with E-state index in [1.807, 2.05) is 24.8 Å². The van der Waals surface area contributed by atoms with Crippen LogP contribution in [0.15, 0.2) is 43.1 Å². The zero-order chi connectivity index (χ0) is 20.7. The number of likely N-dealkylation sites (tertiary alicyclic amines) is 1. The molecule has 2 bridgehead atoms. The highest BCUT2D eigenvalue weighted by molar-refractivity contribution is 5.98. The molecule has 3 aromatic heterocycles. The molecule has 8 heteroatoms. The molecule has 4 heterocycles. The van der Waals surface area contributed by atoms with Gasteiger partial charge in [0.15, 0.2) is 5.82 Å². The first kappa shape index (κ1) is 18.6. The third kappa shape index (κ3) is 3.38. The Labute approximate surface area is 174 Å². The zero-order valence-corrected chi connectivity index (χ0v) is 16.9. The summed E-state index contributed by atoms with van der Waals surface area (Å²) in [5.41, 5.74) is 2.97. The van der Waals surface area contributed by atoms with Crippen LogP contribution < -0.4 is 4.74 Å². The fourth-order valence-electron chi connectivity index (χ4n) is 4.39. The van der Waals surface area contributed by atoms with E-state index in [-0.39, 0.29) is 18.1 Å². The molecule has 2 aliphatic rings. The fraction of sp³-hybridized carbons (Fsp3) is 0.364. The number of carbonyl (C=O) groups excluding carboxylic acids is 1. The minimum absolute atomic E-state index is 0.0138. The second-order valence-electron chi connectivity index (χ2n) is 8.04. The van der Waals surface area contributed by atoms with Crippen LogP contribution in [0, 0.1) is 19.8 Å². The maximum atomic E-state index is 13.5. The first-order chi connectivity index (χ1) is 14.6. The monoisotopic (exact) mass is 402 g/mol. The van der Waals surface area contributed by atoms with E-state index in [4.69, 9.17) is 4.74 Å². The maximum Gasteiger partial charge on any atom is 0.316 e. The van der Waals surface area contributed by atoms with Gasteiger partial charge in [0.25, 0.3) is 5.91 Å². The zero-order valence-electron chi connectivity index (χ0n) is 16.9. The minimum atomic E-state index is -0.114. The summed E-state index contributed by atoms with van der Waals surface area (Å²) in [6, 6.07) is 4.01. The normalized spacial score (nSPS) is 22.3. The predicted octanol–water partition coefficient (Wildman–Crippen LogP) is 2.63. The molecule has 1 amide bonds. The molecule has 0 unspecified atom stereocenters. The highest BCUT2D eigenvalue weighted by Gasteiger charge is 2.49. The van der Waals surface area contributed by atoms with Crippen LogP contribution in [-0.4, -0.2) is 54.4 Å². The SMILES string of the molecule is Cc1cnc(O[C@@H]2C[C@H]3C[C@@H]2N(C(=O)c2ncc(C)cc2-c2ncccn2)C3)nc1. The molecule has 30 heavy (non-hydrogen) atoms. The summed E-state index contributed by atoms with van der Waals surface area (Å²) >= 11 is 0. The molecule has 3 atom stereocenters. The molecule has 152 valence electrons. The number of rotatable bonds is 4. The first-order valence-electron chi connectivity index (χ1n) is 10.1. The van der Waals surface area contributed by atoms with E-state index < -0.39 is 0 Å². The molecular weight excluding hydrogens is 380 g/mol. The number of hydrogen-bond donors (Lipinski definition) is 0. The Balaban J connectivity index is 1.41. The standard InChI is InChI=1S/C22H22N6O2/c1-13-6-16(20-23-4-3-5-24-20)19(25-9-13)21(29)28-12-15-7-17(28)18(8-15)30-22-26-10-14(2)11-27-22/h3-6,9-11,15,17-18H,7-8,12H2,1-2H3/t15-,17+,18-/m1/s1. The smallest absolute Gasteiger partial charge is 0.316 e. The molecular formula is C22H22N6O2. The summed E-state index contributed by atoms with van der Waals surface area (Å²) in [4.78, 5) is 37.0. The van der Waals surface area contributed by atoms with Crippen LogP contribution in [0.2, 0.25) is 0 Å². The fourth-order valence-corrected chi connectivity index (χ4v) is 4.39. The van der Waals surface area contributed by atoms with E-state index in [9.17, 15) is 4.79 Å². The number of piperidine rings is 1. The second kappa shape index (κ2) is 7.44. The Morgan fingerprint density at radius 2 is 1.73 bits per heavy atom. The van der Waals surface area contributed by atoms with Gasteiger partial charge in [-0.25, -0.2) is 19.9 Å². The van der Waals surface area contributed by atoms with Crippen LogP contribution in [0.25, 0.3) is 11.4 Å². The van der Waals surface area contributed by atoms with Crippen molar-refractivity contribution in [3.8, 4) is 17.4 Å². The molecule has 3 aromatic rings. The molecule has 8 nitrogen and oxygen atoms in total. The van der Waals surface area contributed by atoms with Gasteiger partial charge in [-0.3, -0.25) is 9.78 Å². The summed E-state index contributed by atoms with van der Waals surface area (Å²) in [7, 11) is 0. The summed E-state index contributed by atoms with van der Waals surface area (Å²) in [6.45, 7) is 4.59. The van der Waals surface area contributed by atoms with Gasteiger partial charge in [-0.1, -0.05) is 0 Å². The van der Waals surface area contributed by atoms with Gasteiger partial charge < -0.3 is 9.64 Å². The average Bonchev–Trinajstić information content (AvgIpc) is 3.36. The van der Waals surface area contributed by atoms with E-state index >= 15 is 0 Å². The second-order valence-corrected chi connectivity index (χ2v) is 8.04. The van der Waals surface area contributed by atoms with Crippen molar-refractivity contribution >= 4 is 5.91 Å². The third-order valence-electron chi connectivity index (χ3n) is 5.73. The van der Waals surface area contributed by atoms with Gasteiger partial charge in [0.05, 0.1) is 11.6 Å². The highest BCUT2D eigenvalue weighted by atomic mass is 16.5. The summed E-state index contributed by atoms with van der Waals surface area (Å²) in [5, 5.41) is 0. The van der Waals surface area contributed by atoms with Gasteiger partial charge in [0.1, 0.15) is 11.8 Å². The summed E-state index contributed by atoms with van der Waals surface area (Å²) < 4.78 is 6.05. The number of aromatic nitrogens is 5. The van der Waals surface area contributed by atoms with Crippen molar-refractivity contribution in [3.63, 3.8) is 0 Å². The quantitative estimate of drug-likeness (QED) is 0.662. The molecule has 0 spiro atoms. The number of amides is 1. The van der Waals surface area contributed by atoms with Crippen molar-refractivity contribution in [1.82, 2.24) is 29.8 Å². The molecule has 1 saturated carbocycles. The lowest BCUT2D eigenvalue weighted by Gasteiger charge is -2.33. The van der Waals surface area contributed by atoms with Gasteiger partial charge in [-0.2, -0.15) is 0 Å². The van der Waals surface area contributed by atoms with Crippen molar-refractivity contribution in [2.45, 2.75) is 38.8 Å². The number of hydrogen-bond acceptors (Lipinski definition) is 7. The molecule has 0 aromatic carbocycles. The Morgan fingerprint density at radius 1 is 1.00 bits per heavy atom. The Morgan fingerprint density at radius 3 is 2.47 bits per heavy atom. The molecule has 0 radical (unpaired) electrons. The number of pyridine rings is 1. The third-order valence-corrected chi connectivity index (χ3v) is 5.73. The molecule has 1 aliphatic heterocycles. The molecule has 2 fully saturated rings. The lowest BCUT2D eigenvalue weighted by Crippen LogP contribution is -2.47. The molecule has 1 aliphatic carbocycles. The van der Waals surface area contributed by atoms with Crippen molar-refractivity contribution in [2.24, 2.45) is 5.92 Å². The van der Waals surface area contributed by atoms with Crippen LogP contribution in [0.5, 0.6) is 6.01 Å². The summed E-state index contributed by atoms with van der Waals surface area (Å²) in [5.74, 6) is 0.807. The van der Waals surface area contributed by atoms with Gasteiger partial charge in [0, 0.05) is 37.5 Å². The number of nitrogens with zero attached hydrogens (tertiary/aromatic N) is 6. The topological polar surface area (TPSA) is 94.0 Å². The molecule has 0 N–H and O–H groups in total. The number of fused-ring (bicyclic) bond motifs is 2. The van der Waals surface area contributed by atoms with Gasteiger partial charge >= 0.3 is 6.01 Å². The highest BCUT2D eigenvalue weighted by Crippen LogP contribution is 2.40. The maximum absolute atomic E-state index is 13.5. The largest absolute Gasteiger partial charge is 0.458 e. The van der Waals surface area contributed by atoms with Crippen molar-refractivity contribution in [3.05, 3.63) is 59.9 Å². The van der Waals surface area contributed by atoms with Crippen LogP contribution in [0.3, 0.4) is 0 Å². The van der Waals surface area contributed by atoms with Crippen molar-refractivity contribution in [2.75, 3.05) is 6.54 Å². The van der Waals surface area contributed by atoms with E-state index in [0.717, 1.165) is 24.0 Å². The average molecular weight is 402 g/mol. The van der Waals surface area contributed by atoms with Crippen LogP contribution in [0.1, 0.15) is 34.5 Å². The van der Waals surface area contributed by atoms with Gasteiger partial charge in [-0.05, 0) is 55.9 Å². The van der Waals surface area contributed by atoms with Crippen LogP contribution >= 0.6 is 0 Å².